The Bertz CT molecular complexity index is 723. The van der Waals surface area contributed by atoms with E-state index >= 15 is 0 Å². The molecule has 130 valence electrons. The molecule has 2 aromatic carbocycles. The SMILES string of the molecule is N#Cc1ccc(CNC(CN2CCOCC2)c2ccccc2)c(F)c1. The third-order valence-corrected chi connectivity index (χ3v) is 4.47. The van der Waals surface area contributed by atoms with Crippen LogP contribution in [-0.2, 0) is 11.3 Å². The maximum Gasteiger partial charge on any atom is 0.129 e. The van der Waals surface area contributed by atoms with E-state index in [0.717, 1.165) is 32.8 Å². The summed E-state index contributed by atoms with van der Waals surface area (Å²) >= 11 is 0. The van der Waals surface area contributed by atoms with Gasteiger partial charge in [-0.1, -0.05) is 36.4 Å². The molecule has 1 saturated heterocycles. The second-order valence-corrected chi connectivity index (χ2v) is 6.18. The third-order valence-electron chi connectivity index (χ3n) is 4.47. The lowest BCUT2D eigenvalue weighted by atomic mass is 10.0. The van der Waals surface area contributed by atoms with Crippen LogP contribution >= 0.6 is 0 Å². The van der Waals surface area contributed by atoms with Gasteiger partial charge in [0.1, 0.15) is 5.82 Å². The number of rotatable bonds is 6. The van der Waals surface area contributed by atoms with E-state index in [2.05, 4.69) is 22.3 Å². The zero-order valence-electron chi connectivity index (χ0n) is 14.1. The Morgan fingerprint density at radius 2 is 1.92 bits per heavy atom. The van der Waals surface area contributed by atoms with E-state index in [9.17, 15) is 4.39 Å². The van der Waals surface area contributed by atoms with Crippen LogP contribution in [-0.4, -0.2) is 37.7 Å². The first kappa shape index (κ1) is 17.6. The molecule has 1 heterocycles. The Labute approximate surface area is 147 Å². The van der Waals surface area contributed by atoms with E-state index in [1.807, 2.05) is 24.3 Å². The molecule has 0 amide bonds. The first-order chi connectivity index (χ1) is 12.3. The average molecular weight is 339 g/mol. The van der Waals surface area contributed by atoms with E-state index in [-0.39, 0.29) is 11.9 Å². The summed E-state index contributed by atoms with van der Waals surface area (Å²) in [4.78, 5) is 2.36. The molecule has 1 aliphatic rings. The molecule has 1 atom stereocenters. The summed E-state index contributed by atoms with van der Waals surface area (Å²) in [5.74, 6) is -0.343. The summed E-state index contributed by atoms with van der Waals surface area (Å²) in [5, 5.41) is 12.3. The second kappa shape index (κ2) is 8.72. The topological polar surface area (TPSA) is 48.3 Å². The summed E-state index contributed by atoms with van der Waals surface area (Å²) in [6, 6.07) is 16.9. The van der Waals surface area contributed by atoms with Crippen molar-refractivity contribution in [3.8, 4) is 6.07 Å². The lowest BCUT2D eigenvalue weighted by molar-refractivity contribution is 0.0333. The van der Waals surface area contributed by atoms with Crippen molar-refractivity contribution in [2.75, 3.05) is 32.8 Å². The fourth-order valence-electron chi connectivity index (χ4n) is 3.01. The molecule has 1 N–H and O–H groups in total. The van der Waals surface area contributed by atoms with Gasteiger partial charge in [-0.2, -0.15) is 5.26 Å². The minimum Gasteiger partial charge on any atom is -0.379 e. The highest BCUT2D eigenvalue weighted by Crippen LogP contribution is 2.17. The molecule has 0 saturated carbocycles. The van der Waals surface area contributed by atoms with Crippen molar-refractivity contribution in [1.29, 1.82) is 5.26 Å². The molecular formula is C20H22FN3O. The number of hydrogen-bond acceptors (Lipinski definition) is 4. The zero-order chi connectivity index (χ0) is 17.5. The highest BCUT2D eigenvalue weighted by Gasteiger charge is 2.18. The van der Waals surface area contributed by atoms with Crippen LogP contribution in [0.15, 0.2) is 48.5 Å². The minimum absolute atomic E-state index is 0.106. The summed E-state index contributed by atoms with van der Waals surface area (Å²) in [5.41, 5.74) is 2.10. The van der Waals surface area contributed by atoms with Gasteiger partial charge in [0.2, 0.25) is 0 Å². The molecular weight excluding hydrogens is 317 g/mol. The van der Waals surface area contributed by atoms with Crippen LogP contribution in [0.1, 0.15) is 22.7 Å². The van der Waals surface area contributed by atoms with Crippen molar-refractivity contribution >= 4 is 0 Å². The number of nitriles is 1. The lowest BCUT2D eigenvalue weighted by Crippen LogP contribution is -2.41. The van der Waals surface area contributed by atoms with E-state index in [1.165, 1.54) is 11.6 Å². The fraction of sp³-hybridized carbons (Fsp3) is 0.350. The molecule has 0 bridgehead atoms. The average Bonchev–Trinajstić information content (AvgIpc) is 2.67. The number of benzene rings is 2. The Kier molecular flexibility index (Phi) is 6.13. The molecule has 25 heavy (non-hydrogen) atoms. The first-order valence-corrected chi connectivity index (χ1v) is 8.53. The Balaban J connectivity index is 1.70. The number of hydrogen-bond donors (Lipinski definition) is 1. The lowest BCUT2D eigenvalue weighted by Gasteiger charge is -2.31. The monoisotopic (exact) mass is 339 g/mol. The van der Waals surface area contributed by atoms with Crippen molar-refractivity contribution in [2.45, 2.75) is 12.6 Å². The summed E-state index contributed by atoms with van der Waals surface area (Å²) in [6.45, 7) is 4.61. The molecule has 1 fully saturated rings. The van der Waals surface area contributed by atoms with Crippen molar-refractivity contribution < 1.29 is 9.13 Å². The fourth-order valence-corrected chi connectivity index (χ4v) is 3.01. The quantitative estimate of drug-likeness (QED) is 0.879. The number of halogens is 1. The molecule has 0 aromatic heterocycles. The van der Waals surface area contributed by atoms with Gasteiger partial charge in [-0.15, -0.1) is 0 Å². The van der Waals surface area contributed by atoms with Gasteiger partial charge in [0, 0.05) is 37.8 Å². The number of morpholine rings is 1. The highest BCUT2D eigenvalue weighted by molar-refractivity contribution is 5.33. The van der Waals surface area contributed by atoms with Gasteiger partial charge in [0.15, 0.2) is 0 Å². The van der Waals surface area contributed by atoms with Crippen LogP contribution in [0.3, 0.4) is 0 Å². The molecule has 2 aromatic rings. The molecule has 3 rings (SSSR count). The van der Waals surface area contributed by atoms with Crippen LogP contribution < -0.4 is 5.32 Å². The molecule has 5 heteroatoms. The Morgan fingerprint density at radius 3 is 2.60 bits per heavy atom. The first-order valence-electron chi connectivity index (χ1n) is 8.53. The standard InChI is InChI=1S/C20H22FN3O/c21-19-12-16(13-22)6-7-18(19)14-23-20(17-4-2-1-3-5-17)15-24-8-10-25-11-9-24/h1-7,12,20,23H,8-11,14-15H2. The largest absolute Gasteiger partial charge is 0.379 e. The number of nitrogens with one attached hydrogen (secondary N) is 1. The summed E-state index contributed by atoms with van der Waals surface area (Å²) in [7, 11) is 0. The minimum atomic E-state index is -0.343. The van der Waals surface area contributed by atoms with E-state index in [1.54, 1.807) is 12.1 Å². The third kappa shape index (κ3) is 4.86. The van der Waals surface area contributed by atoms with Crippen LogP contribution in [0.4, 0.5) is 4.39 Å². The number of ether oxygens (including phenoxy) is 1. The molecule has 0 spiro atoms. The van der Waals surface area contributed by atoms with Crippen molar-refractivity contribution in [3.63, 3.8) is 0 Å². The van der Waals surface area contributed by atoms with Crippen molar-refractivity contribution in [1.82, 2.24) is 10.2 Å². The van der Waals surface area contributed by atoms with Gasteiger partial charge >= 0.3 is 0 Å². The molecule has 1 unspecified atom stereocenters. The van der Waals surface area contributed by atoms with E-state index < -0.39 is 0 Å². The number of nitrogens with zero attached hydrogens (tertiary/aromatic N) is 2. The van der Waals surface area contributed by atoms with Crippen molar-refractivity contribution in [2.24, 2.45) is 0 Å². The maximum absolute atomic E-state index is 14.1. The normalized spacial score (nSPS) is 16.3. The van der Waals surface area contributed by atoms with Crippen LogP contribution in [0, 0.1) is 17.1 Å². The van der Waals surface area contributed by atoms with Gasteiger partial charge in [-0.05, 0) is 17.7 Å². The molecule has 0 radical (unpaired) electrons. The van der Waals surface area contributed by atoms with Gasteiger partial charge in [0.25, 0.3) is 0 Å². The zero-order valence-corrected chi connectivity index (χ0v) is 14.1. The van der Waals surface area contributed by atoms with Crippen LogP contribution in [0.25, 0.3) is 0 Å². The van der Waals surface area contributed by atoms with Gasteiger partial charge < -0.3 is 10.1 Å². The van der Waals surface area contributed by atoms with Crippen molar-refractivity contribution in [3.05, 3.63) is 71.0 Å². The van der Waals surface area contributed by atoms with E-state index in [4.69, 9.17) is 10.00 Å². The molecule has 0 aliphatic carbocycles. The predicted octanol–water partition coefficient (Wildman–Crippen LogP) is 2.86. The van der Waals surface area contributed by atoms with Gasteiger partial charge in [-0.25, -0.2) is 4.39 Å². The highest BCUT2D eigenvalue weighted by atomic mass is 19.1. The molecule has 4 nitrogen and oxygen atoms in total. The van der Waals surface area contributed by atoms with Crippen LogP contribution in [0.5, 0.6) is 0 Å². The predicted molar refractivity (Wildman–Crippen MR) is 94.4 cm³/mol. The van der Waals surface area contributed by atoms with Gasteiger partial charge in [0.05, 0.1) is 24.8 Å². The van der Waals surface area contributed by atoms with E-state index in [0.29, 0.717) is 17.7 Å². The Morgan fingerprint density at radius 1 is 1.16 bits per heavy atom. The second-order valence-electron chi connectivity index (χ2n) is 6.18. The van der Waals surface area contributed by atoms with Gasteiger partial charge in [-0.3, -0.25) is 4.90 Å². The molecule has 1 aliphatic heterocycles. The maximum atomic E-state index is 14.1. The summed E-state index contributed by atoms with van der Waals surface area (Å²) in [6.07, 6.45) is 0. The smallest absolute Gasteiger partial charge is 0.129 e. The Hall–Kier alpha value is -2.26. The summed E-state index contributed by atoms with van der Waals surface area (Å²) < 4.78 is 19.5. The van der Waals surface area contributed by atoms with Crippen LogP contribution in [0.2, 0.25) is 0 Å².